The first kappa shape index (κ1) is 34.3. The van der Waals surface area contributed by atoms with Crippen LogP contribution in [0, 0.1) is 0 Å². The van der Waals surface area contributed by atoms with Crippen molar-refractivity contribution in [2.45, 2.75) is 5.41 Å². The fraction of sp³-hybridized carbons (Fsp3) is 0.0172. The van der Waals surface area contributed by atoms with Gasteiger partial charge in [0.25, 0.3) is 0 Å². The molecule has 0 fully saturated rings. The van der Waals surface area contributed by atoms with Crippen molar-refractivity contribution in [3.8, 4) is 56.7 Å². The van der Waals surface area contributed by atoms with Gasteiger partial charge in [-0.05, 0) is 69.3 Å². The van der Waals surface area contributed by atoms with E-state index in [0.29, 0.717) is 17.6 Å². The second-order valence-electron chi connectivity index (χ2n) is 16.7. The lowest BCUT2D eigenvalue weighted by molar-refractivity contribution is 0.794. The van der Waals surface area contributed by atoms with Crippen molar-refractivity contribution in [2.75, 3.05) is 0 Å². The summed E-state index contributed by atoms with van der Waals surface area (Å²) in [6.45, 7) is 0. The second-order valence-corrected chi connectivity index (χ2v) is 16.7. The Morgan fingerprint density at radius 1 is 0.333 bits per heavy atom. The number of fused-ring (bicyclic) bond motifs is 17. The molecule has 0 atom stereocenters. The first-order valence-electron chi connectivity index (χ1n) is 21.5. The average Bonchev–Trinajstić information content (AvgIpc) is 4.06. The molecule has 0 unspecified atom stereocenters. The van der Waals surface area contributed by atoms with E-state index in [1.54, 1.807) is 0 Å². The van der Waals surface area contributed by atoms with Crippen LogP contribution in [0.5, 0.6) is 0 Å². The Morgan fingerprint density at radius 2 is 0.825 bits per heavy atom. The Morgan fingerprint density at radius 3 is 1.46 bits per heavy atom. The lowest BCUT2D eigenvalue weighted by Gasteiger charge is -2.30. The smallest absolute Gasteiger partial charge is 0.238 e. The van der Waals surface area contributed by atoms with Crippen molar-refractivity contribution in [2.24, 2.45) is 0 Å². The molecule has 292 valence electrons. The first-order chi connectivity index (χ1) is 31.3. The van der Waals surface area contributed by atoms with Gasteiger partial charge in [-0.25, -0.2) is 4.98 Å². The van der Waals surface area contributed by atoms with Crippen LogP contribution in [0.1, 0.15) is 22.3 Å². The summed E-state index contributed by atoms with van der Waals surface area (Å²) >= 11 is 0. The molecule has 0 N–H and O–H groups in total. The van der Waals surface area contributed by atoms with Crippen LogP contribution in [0.25, 0.3) is 100 Å². The summed E-state index contributed by atoms with van der Waals surface area (Å²) in [4.78, 5) is 16.0. The van der Waals surface area contributed by atoms with Crippen LogP contribution in [0.3, 0.4) is 0 Å². The third-order valence-corrected chi connectivity index (χ3v) is 13.6. The van der Waals surface area contributed by atoms with E-state index in [2.05, 4.69) is 185 Å². The quantitative estimate of drug-likeness (QED) is 0.178. The molecule has 0 saturated heterocycles. The molecule has 2 aliphatic rings. The maximum atomic E-state index is 5.44. The van der Waals surface area contributed by atoms with E-state index in [4.69, 9.17) is 15.0 Å². The summed E-state index contributed by atoms with van der Waals surface area (Å²) in [5, 5.41) is 4.63. The van der Waals surface area contributed by atoms with Gasteiger partial charge in [-0.15, -0.1) is 0 Å². The van der Waals surface area contributed by atoms with Crippen molar-refractivity contribution >= 4 is 43.6 Å². The highest BCUT2D eigenvalue weighted by molar-refractivity contribution is 6.22. The zero-order chi connectivity index (χ0) is 41.2. The van der Waals surface area contributed by atoms with Crippen LogP contribution in [-0.4, -0.2) is 24.1 Å². The summed E-state index contributed by atoms with van der Waals surface area (Å²) in [7, 11) is 0. The predicted molar refractivity (Wildman–Crippen MR) is 256 cm³/mol. The molecule has 14 rings (SSSR count). The van der Waals surface area contributed by atoms with Gasteiger partial charge in [-0.1, -0.05) is 182 Å². The molecule has 2 aliphatic carbocycles. The summed E-state index contributed by atoms with van der Waals surface area (Å²) in [6.07, 6.45) is 0. The van der Waals surface area contributed by atoms with Crippen molar-refractivity contribution in [3.05, 3.63) is 235 Å². The van der Waals surface area contributed by atoms with Crippen LogP contribution in [-0.2, 0) is 5.41 Å². The highest BCUT2D eigenvalue weighted by Gasteiger charge is 2.52. The van der Waals surface area contributed by atoms with Crippen molar-refractivity contribution in [1.29, 1.82) is 0 Å². The summed E-state index contributed by atoms with van der Waals surface area (Å²) in [5.74, 6) is 1.83. The van der Waals surface area contributed by atoms with Gasteiger partial charge in [0.2, 0.25) is 5.95 Å². The van der Waals surface area contributed by atoms with Gasteiger partial charge < -0.3 is 4.57 Å². The maximum absolute atomic E-state index is 5.44. The fourth-order valence-electron chi connectivity index (χ4n) is 11.1. The van der Waals surface area contributed by atoms with Crippen LogP contribution < -0.4 is 0 Å². The fourth-order valence-corrected chi connectivity index (χ4v) is 11.1. The number of hydrogen-bond acceptors (Lipinski definition) is 3. The minimum absolute atomic E-state index is 0.511. The molecule has 63 heavy (non-hydrogen) atoms. The van der Waals surface area contributed by atoms with E-state index in [0.717, 1.165) is 49.7 Å². The summed E-state index contributed by atoms with van der Waals surface area (Å²) in [6, 6.07) is 76.6. The molecule has 0 radical (unpaired) electrons. The van der Waals surface area contributed by atoms with E-state index in [1.807, 2.05) is 36.4 Å². The number of para-hydroxylation sites is 2. The normalized spacial score (nSPS) is 13.2. The average molecular weight is 802 g/mol. The maximum Gasteiger partial charge on any atom is 0.238 e. The van der Waals surface area contributed by atoms with E-state index >= 15 is 0 Å². The molecule has 0 amide bonds. The molecule has 0 aliphatic heterocycles. The molecule has 12 aromatic rings. The van der Waals surface area contributed by atoms with Crippen molar-refractivity contribution in [3.63, 3.8) is 0 Å². The lowest BCUT2D eigenvalue weighted by Crippen LogP contribution is -2.25. The Labute approximate surface area is 362 Å². The summed E-state index contributed by atoms with van der Waals surface area (Å²) < 4.78 is 4.75. The topological polar surface area (TPSA) is 48.5 Å². The van der Waals surface area contributed by atoms with Gasteiger partial charge in [-0.3, -0.25) is 4.57 Å². The monoisotopic (exact) mass is 801 g/mol. The predicted octanol–water partition coefficient (Wildman–Crippen LogP) is 13.7. The zero-order valence-electron chi connectivity index (χ0n) is 33.9. The van der Waals surface area contributed by atoms with Gasteiger partial charge in [0.05, 0.1) is 27.5 Å². The molecule has 5 heteroatoms. The number of benzene rings is 9. The molecular weight excluding hydrogens is 767 g/mol. The number of aromatic nitrogens is 5. The largest absolute Gasteiger partial charge is 0.309 e. The standard InChI is InChI=1S/C58H35N5/c1-4-18-36(19-5-1)55-59-56(37-20-6-2-7-21-37)61-57(60-55)63-52-34-44-41-26-13-17-31-50(41)62(38-22-8-3-9-23-38)51(44)35-45(52)42-32-33-49-53(54(42)63)43-27-12-16-30-48(43)58(49)46-28-14-10-24-39(46)40-25-11-15-29-47(40)58/h1-35H. The molecule has 1 spiro atoms. The Hall–Kier alpha value is -8.41. The Bertz CT molecular complexity index is 3740. The Balaban J connectivity index is 1.18. The molecule has 0 saturated carbocycles. The van der Waals surface area contributed by atoms with Crippen LogP contribution in [0.15, 0.2) is 212 Å². The minimum atomic E-state index is -0.511. The second kappa shape index (κ2) is 12.8. The first-order valence-corrected chi connectivity index (χ1v) is 21.5. The van der Waals surface area contributed by atoms with Gasteiger partial charge in [0.1, 0.15) is 0 Å². The third-order valence-electron chi connectivity index (χ3n) is 13.6. The minimum Gasteiger partial charge on any atom is -0.309 e. The number of nitrogens with zero attached hydrogens (tertiary/aromatic N) is 5. The lowest BCUT2D eigenvalue weighted by atomic mass is 9.70. The number of rotatable bonds is 4. The van der Waals surface area contributed by atoms with Gasteiger partial charge in [-0.2, -0.15) is 9.97 Å². The SMILES string of the molecule is c1ccc(-c2nc(-c3ccccc3)nc(-n3c4cc5c6ccccc6n(-c6ccccc6)c5cc4c4ccc5c(c43)-c3ccccc3C53c4ccccc4-c4ccccc43)n2)cc1. The highest BCUT2D eigenvalue weighted by Crippen LogP contribution is 2.64. The summed E-state index contributed by atoms with van der Waals surface area (Å²) in [5.41, 5.74) is 17.1. The molecule has 0 bridgehead atoms. The zero-order valence-corrected chi connectivity index (χ0v) is 33.9. The molecular formula is C58H35N5. The van der Waals surface area contributed by atoms with Gasteiger partial charge >= 0.3 is 0 Å². The van der Waals surface area contributed by atoms with E-state index in [-0.39, 0.29) is 0 Å². The van der Waals surface area contributed by atoms with E-state index in [1.165, 1.54) is 55.3 Å². The molecule has 3 aromatic heterocycles. The van der Waals surface area contributed by atoms with E-state index in [9.17, 15) is 0 Å². The molecule has 3 heterocycles. The highest BCUT2D eigenvalue weighted by atomic mass is 15.2. The van der Waals surface area contributed by atoms with Crippen molar-refractivity contribution in [1.82, 2.24) is 24.1 Å². The van der Waals surface area contributed by atoms with Crippen molar-refractivity contribution < 1.29 is 0 Å². The number of hydrogen-bond donors (Lipinski definition) is 0. The Kier molecular flexibility index (Phi) is 6.97. The molecule has 9 aromatic carbocycles. The third kappa shape index (κ3) is 4.57. The van der Waals surface area contributed by atoms with E-state index < -0.39 is 5.41 Å². The van der Waals surface area contributed by atoms with Crippen LogP contribution in [0.4, 0.5) is 0 Å². The van der Waals surface area contributed by atoms with Gasteiger partial charge in [0, 0.05) is 43.9 Å². The molecule has 5 nitrogen and oxygen atoms in total. The van der Waals surface area contributed by atoms with Crippen LogP contribution in [0.2, 0.25) is 0 Å². The van der Waals surface area contributed by atoms with Crippen LogP contribution >= 0.6 is 0 Å². The van der Waals surface area contributed by atoms with Gasteiger partial charge in [0.15, 0.2) is 11.6 Å².